The molecule has 0 aliphatic rings. The van der Waals surface area contributed by atoms with Gasteiger partial charge in [0.15, 0.2) is 11.6 Å². The summed E-state index contributed by atoms with van der Waals surface area (Å²) in [7, 11) is 0. The maximum absolute atomic E-state index is 13.7. The zero-order chi connectivity index (χ0) is 14.0. The first-order valence-electron chi connectivity index (χ1n) is 5.29. The fourth-order valence-corrected chi connectivity index (χ4v) is 2.03. The number of ether oxygens (including phenoxy) is 1. The van der Waals surface area contributed by atoms with Gasteiger partial charge in [0.2, 0.25) is 0 Å². The summed E-state index contributed by atoms with van der Waals surface area (Å²) >= 11 is 2.11. The zero-order valence-corrected chi connectivity index (χ0v) is 11.8. The summed E-state index contributed by atoms with van der Waals surface area (Å²) in [6, 6.07) is 9.29. The summed E-state index contributed by atoms with van der Waals surface area (Å²) in [5.41, 5.74) is 10.7. The van der Waals surface area contributed by atoms with Crippen LogP contribution in [0.1, 0.15) is 10.4 Å². The van der Waals surface area contributed by atoms with E-state index in [-0.39, 0.29) is 17.0 Å². The number of benzene rings is 2. The van der Waals surface area contributed by atoms with Gasteiger partial charge in [0.25, 0.3) is 5.91 Å². The van der Waals surface area contributed by atoms with Gasteiger partial charge in [-0.15, -0.1) is 0 Å². The Labute approximate surface area is 122 Å². The molecule has 0 unspecified atom stereocenters. The average Bonchev–Trinajstić information content (AvgIpc) is 2.32. The van der Waals surface area contributed by atoms with Crippen molar-refractivity contribution in [3.63, 3.8) is 0 Å². The van der Waals surface area contributed by atoms with E-state index < -0.39 is 11.7 Å². The summed E-state index contributed by atoms with van der Waals surface area (Å²) < 4.78 is 20.1. The van der Waals surface area contributed by atoms with Gasteiger partial charge < -0.3 is 16.2 Å². The molecular formula is C13H10FIN2O2. The van der Waals surface area contributed by atoms with Gasteiger partial charge in [-0.1, -0.05) is 6.07 Å². The SMILES string of the molecule is NC(=O)c1cc(Oc2cccc(I)c2)c(F)cc1N. The second-order valence-electron chi connectivity index (χ2n) is 3.79. The highest BCUT2D eigenvalue weighted by Gasteiger charge is 2.13. The molecule has 0 aromatic heterocycles. The summed E-state index contributed by atoms with van der Waals surface area (Å²) in [6.45, 7) is 0. The molecule has 2 rings (SSSR count). The van der Waals surface area contributed by atoms with Gasteiger partial charge in [0.1, 0.15) is 5.75 Å². The first-order chi connectivity index (χ1) is 8.97. The van der Waals surface area contributed by atoms with Gasteiger partial charge in [-0.25, -0.2) is 4.39 Å². The van der Waals surface area contributed by atoms with Crippen molar-refractivity contribution in [3.8, 4) is 11.5 Å². The Balaban J connectivity index is 2.40. The van der Waals surface area contributed by atoms with Crippen molar-refractivity contribution in [2.45, 2.75) is 0 Å². The molecule has 2 aromatic carbocycles. The molecule has 1 amide bonds. The number of rotatable bonds is 3. The van der Waals surface area contributed by atoms with Crippen LogP contribution in [0.4, 0.5) is 10.1 Å². The normalized spacial score (nSPS) is 10.2. The summed E-state index contributed by atoms with van der Waals surface area (Å²) in [5.74, 6) is -1.01. The Kier molecular flexibility index (Phi) is 3.89. The quantitative estimate of drug-likeness (QED) is 0.643. The number of nitrogen functional groups attached to an aromatic ring is 1. The highest BCUT2D eigenvalue weighted by molar-refractivity contribution is 14.1. The van der Waals surface area contributed by atoms with Crippen LogP contribution >= 0.6 is 22.6 Å². The Morgan fingerprint density at radius 1 is 1.26 bits per heavy atom. The molecule has 0 saturated heterocycles. The highest BCUT2D eigenvalue weighted by Crippen LogP contribution is 2.29. The first kappa shape index (κ1) is 13.6. The number of anilines is 1. The summed E-state index contributed by atoms with van der Waals surface area (Å²) in [6.07, 6.45) is 0. The van der Waals surface area contributed by atoms with E-state index in [1.807, 2.05) is 6.07 Å². The second kappa shape index (κ2) is 5.43. The molecule has 0 aliphatic carbocycles. The van der Waals surface area contributed by atoms with Crippen LogP contribution in [0.15, 0.2) is 36.4 Å². The van der Waals surface area contributed by atoms with E-state index in [2.05, 4.69) is 22.6 Å². The van der Waals surface area contributed by atoms with E-state index in [4.69, 9.17) is 16.2 Å². The average molecular weight is 372 g/mol. The smallest absolute Gasteiger partial charge is 0.250 e. The molecule has 4 nitrogen and oxygen atoms in total. The van der Waals surface area contributed by atoms with Crippen LogP contribution < -0.4 is 16.2 Å². The number of primary amides is 1. The number of hydrogen-bond donors (Lipinski definition) is 2. The number of halogens is 2. The van der Waals surface area contributed by atoms with E-state index >= 15 is 0 Å². The van der Waals surface area contributed by atoms with Gasteiger partial charge >= 0.3 is 0 Å². The monoisotopic (exact) mass is 372 g/mol. The number of nitrogens with two attached hydrogens (primary N) is 2. The van der Waals surface area contributed by atoms with Crippen LogP contribution in [-0.2, 0) is 0 Å². The number of hydrogen-bond acceptors (Lipinski definition) is 3. The lowest BCUT2D eigenvalue weighted by molar-refractivity contribution is 0.100. The Hall–Kier alpha value is -1.83. The predicted molar refractivity (Wildman–Crippen MR) is 78.6 cm³/mol. The first-order valence-corrected chi connectivity index (χ1v) is 6.37. The molecule has 0 spiro atoms. The van der Waals surface area contributed by atoms with Gasteiger partial charge in [-0.2, -0.15) is 0 Å². The highest BCUT2D eigenvalue weighted by atomic mass is 127. The van der Waals surface area contributed by atoms with Crippen LogP contribution in [0.5, 0.6) is 11.5 Å². The maximum atomic E-state index is 13.7. The third kappa shape index (κ3) is 3.14. The zero-order valence-electron chi connectivity index (χ0n) is 9.69. The van der Waals surface area contributed by atoms with Crippen molar-refractivity contribution in [2.75, 3.05) is 5.73 Å². The lowest BCUT2D eigenvalue weighted by Crippen LogP contribution is -2.14. The van der Waals surface area contributed by atoms with Crippen molar-refractivity contribution in [1.29, 1.82) is 0 Å². The minimum Gasteiger partial charge on any atom is -0.454 e. The van der Waals surface area contributed by atoms with E-state index in [9.17, 15) is 9.18 Å². The van der Waals surface area contributed by atoms with Gasteiger partial charge in [-0.05, 0) is 46.9 Å². The van der Waals surface area contributed by atoms with Crippen molar-refractivity contribution in [2.24, 2.45) is 5.73 Å². The molecule has 2 aromatic rings. The fourth-order valence-electron chi connectivity index (χ4n) is 1.52. The van der Waals surface area contributed by atoms with Crippen LogP contribution in [-0.4, -0.2) is 5.91 Å². The Morgan fingerprint density at radius 3 is 2.63 bits per heavy atom. The molecule has 19 heavy (non-hydrogen) atoms. The number of carbonyl (C=O) groups excluding carboxylic acids is 1. The third-order valence-corrected chi connectivity index (χ3v) is 3.06. The molecule has 0 saturated carbocycles. The molecule has 0 fully saturated rings. The summed E-state index contributed by atoms with van der Waals surface area (Å²) in [4.78, 5) is 11.2. The summed E-state index contributed by atoms with van der Waals surface area (Å²) in [5, 5.41) is 0. The molecule has 0 heterocycles. The van der Waals surface area contributed by atoms with Crippen molar-refractivity contribution in [1.82, 2.24) is 0 Å². The third-order valence-electron chi connectivity index (χ3n) is 2.39. The maximum Gasteiger partial charge on any atom is 0.250 e. The molecule has 0 aliphatic heterocycles. The molecule has 0 bridgehead atoms. The number of carbonyl (C=O) groups is 1. The van der Waals surface area contributed by atoms with Crippen LogP contribution in [0.25, 0.3) is 0 Å². The molecule has 98 valence electrons. The van der Waals surface area contributed by atoms with Crippen LogP contribution in [0, 0.1) is 9.39 Å². The second-order valence-corrected chi connectivity index (χ2v) is 5.04. The van der Waals surface area contributed by atoms with Gasteiger partial charge in [-0.3, -0.25) is 4.79 Å². The molecule has 0 atom stereocenters. The van der Waals surface area contributed by atoms with Crippen molar-refractivity contribution >= 4 is 34.2 Å². The largest absolute Gasteiger partial charge is 0.454 e. The number of amides is 1. The fraction of sp³-hybridized carbons (Fsp3) is 0. The van der Waals surface area contributed by atoms with E-state index in [1.54, 1.807) is 18.2 Å². The predicted octanol–water partition coefficient (Wildman–Crippen LogP) is 2.90. The lowest BCUT2D eigenvalue weighted by atomic mass is 10.1. The van der Waals surface area contributed by atoms with Gasteiger partial charge in [0, 0.05) is 15.3 Å². The lowest BCUT2D eigenvalue weighted by Gasteiger charge is -2.10. The topological polar surface area (TPSA) is 78.3 Å². The molecule has 6 heteroatoms. The van der Waals surface area contributed by atoms with Crippen molar-refractivity contribution in [3.05, 3.63) is 51.3 Å². The van der Waals surface area contributed by atoms with Crippen LogP contribution in [0.3, 0.4) is 0 Å². The Bertz CT molecular complexity index is 647. The van der Waals surface area contributed by atoms with E-state index in [0.29, 0.717) is 5.75 Å². The van der Waals surface area contributed by atoms with Gasteiger partial charge in [0.05, 0.1) is 5.56 Å². The van der Waals surface area contributed by atoms with Crippen LogP contribution in [0.2, 0.25) is 0 Å². The molecule has 0 radical (unpaired) electrons. The standard InChI is InChI=1S/C13H10FIN2O2/c14-10-6-11(16)9(13(17)18)5-12(10)19-8-3-1-2-7(15)4-8/h1-6H,16H2,(H2,17,18). The van der Waals surface area contributed by atoms with E-state index in [1.165, 1.54) is 6.07 Å². The molecule has 4 N–H and O–H groups in total. The van der Waals surface area contributed by atoms with E-state index in [0.717, 1.165) is 9.64 Å². The van der Waals surface area contributed by atoms with Crippen molar-refractivity contribution < 1.29 is 13.9 Å². The minimum atomic E-state index is -0.731. The molecular weight excluding hydrogens is 362 g/mol. The Morgan fingerprint density at radius 2 is 2.00 bits per heavy atom. The minimum absolute atomic E-state index is 0.0139.